The topological polar surface area (TPSA) is 75.7 Å². The molecule has 1 fully saturated rings. The van der Waals surface area contributed by atoms with E-state index in [4.69, 9.17) is 4.74 Å². The molecule has 1 unspecified atom stereocenters. The van der Waals surface area contributed by atoms with Gasteiger partial charge < -0.3 is 4.74 Å². The SMILES string of the molecule is Cc1cc(C)c(S(=O)(=O)NCC2CN(c3ccccc3)C(=O)O2)c(C)c1. The molecule has 2 aromatic carbocycles. The summed E-state index contributed by atoms with van der Waals surface area (Å²) in [5, 5.41) is 0. The molecular formula is C19H22N2O4S. The second-order valence-electron chi connectivity index (χ2n) is 6.53. The molecule has 1 atom stereocenters. The number of aryl methyl sites for hydroxylation is 3. The Kier molecular flexibility index (Phi) is 5.02. The van der Waals surface area contributed by atoms with Crippen molar-refractivity contribution >= 4 is 21.8 Å². The number of para-hydroxylation sites is 1. The lowest BCUT2D eigenvalue weighted by Gasteiger charge is -2.15. The van der Waals surface area contributed by atoms with Gasteiger partial charge >= 0.3 is 6.09 Å². The van der Waals surface area contributed by atoms with Gasteiger partial charge in [0, 0.05) is 12.2 Å². The summed E-state index contributed by atoms with van der Waals surface area (Å²) in [7, 11) is -3.69. The molecule has 0 aromatic heterocycles. The zero-order valence-corrected chi connectivity index (χ0v) is 15.8. The van der Waals surface area contributed by atoms with E-state index in [2.05, 4.69) is 4.72 Å². The van der Waals surface area contributed by atoms with Crippen LogP contribution < -0.4 is 9.62 Å². The Labute approximate surface area is 153 Å². The van der Waals surface area contributed by atoms with Crippen LogP contribution in [0.1, 0.15) is 16.7 Å². The van der Waals surface area contributed by atoms with Crippen LogP contribution in [0.4, 0.5) is 10.5 Å². The van der Waals surface area contributed by atoms with E-state index in [1.807, 2.05) is 49.4 Å². The minimum Gasteiger partial charge on any atom is -0.443 e. The van der Waals surface area contributed by atoms with Gasteiger partial charge in [0.05, 0.1) is 11.4 Å². The number of nitrogens with zero attached hydrogens (tertiary/aromatic N) is 1. The molecule has 1 amide bonds. The highest BCUT2D eigenvalue weighted by molar-refractivity contribution is 7.89. The highest BCUT2D eigenvalue weighted by Gasteiger charge is 2.33. The lowest BCUT2D eigenvalue weighted by Crippen LogP contribution is -2.35. The molecule has 3 rings (SSSR count). The number of cyclic esters (lactones) is 1. The zero-order chi connectivity index (χ0) is 18.9. The van der Waals surface area contributed by atoms with Gasteiger partial charge in [0.25, 0.3) is 0 Å². The van der Waals surface area contributed by atoms with Crippen LogP contribution in [-0.2, 0) is 14.8 Å². The summed E-state index contributed by atoms with van der Waals surface area (Å²) >= 11 is 0. The largest absolute Gasteiger partial charge is 0.443 e. The number of benzene rings is 2. The molecular weight excluding hydrogens is 352 g/mol. The summed E-state index contributed by atoms with van der Waals surface area (Å²) in [6, 6.07) is 12.8. The van der Waals surface area contributed by atoms with Gasteiger partial charge in [0.1, 0.15) is 6.10 Å². The minimum atomic E-state index is -3.69. The van der Waals surface area contributed by atoms with Crippen molar-refractivity contribution in [1.82, 2.24) is 4.72 Å². The molecule has 0 bridgehead atoms. The number of carbonyl (C=O) groups is 1. The Hall–Kier alpha value is -2.38. The molecule has 1 aliphatic heterocycles. The molecule has 2 aromatic rings. The number of nitrogens with one attached hydrogen (secondary N) is 1. The lowest BCUT2D eigenvalue weighted by atomic mass is 10.1. The Morgan fingerprint density at radius 2 is 1.73 bits per heavy atom. The van der Waals surface area contributed by atoms with Crippen molar-refractivity contribution in [3.8, 4) is 0 Å². The number of ether oxygens (including phenoxy) is 1. The molecule has 1 N–H and O–H groups in total. The number of hydrogen-bond acceptors (Lipinski definition) is 4. The highest BCUT2D eigenvalue weighted by Crippen LogP contribution is 2.23. The van der Waals surface area contributed by atoms with Crippen molar-refractivity contribution in [1.29, 1.82) is 0 Å². The van der Waals surface area contributed by atoms with E-state index in [0.717, 1.165) is 11.3 Å². The number of amides is 1. The molecule has 0 saturated carbocycles. The minimum absolute atomic E-state index is 0.0319. The van der Waals surface area contributed by atoms with Gasteiger partial charge in [-0.1, -0.05) is 35.9 Å². The molecule has 7 heteroatoms. The number of carbonyl (C=O) groups excluding carboxylic acids is 1. The van der Waals surface area contributed by atoms with Gasteiger partial charge in [-0.25, -0.2) is 17.9 Å². The number of sulfonamides is 1. The third kappa shape index (κ3) is 3.73. The Morgan fingerprint density at radius 3 is 2.35 bits per heavy atom. The first-order chi connectivity index (χ1) is 12.3. The summed E-state index contributed by atoms with van der Waals surface area (Å²) in [4.78, 5) is 13.8. The van der Waals surface area contributed by atoms with Crippen molar-refractivity contribution in [3.63, 3.8) is 0 Å². The first-order valence-corrected chi connectivity index (χ1v) is 9.87. The molecule has 26 heavy (non-hydrogen) atoms. The predicted octanol–water partition coefficient (Wildman–Crippen LogP) is 2.92. The standard InChI is InChI=1S/C19H22N2O4S/c1-13-9-14(2)18(15(3)10-13)26(23,24)20-11-17-12-21(19(22)25-17)16-7-5-4-6-8-16/h4-10,17,20H,11-12H2,1-3H3. The van der Waals surface area contributed by atoms with Gasteiger partial charge in [-0.3, -0.25) is 4.90 Å². The molecule has 6 nitrogen and oxygen atoms in total. The Morgan fingerprint density at radius 1 is 1.12 bits per heavy atom. The van der Waals surface area contributed by atoms with Gasteiger partial charge in [0.2, 0.25) is 10.0 Å². The number of hydrogen-bond donors (Lipinski definition) is 1. The van der Waals surface area contributed by atoms with E-state index >= 15 is 0 Å². The molecule has 138 valence electrons. The van der Waals surface area contributed by atoms with E-state index in [1.165, 1.54) is 4.90 Å². The zero-order valence-electron chi connectivity index (χ0n) is 15.0. The van der Waals surface area contributed by atoms with Crippen LogP contribution in [0.15, 0.2) is 47.4 Å². The quantitative estimate of drug-likeness (QED) is 0.873. The van der Waals surface area contributed by atoms with Gasteiger partial charge in [-0.05, 0) is 44.0 Å². The summed E-state index contributed by atoms with van der Waals surface area (Å²) in [6.45, 7) is 5.82. The van der Waals surface area contributed by atoms with Crippen LogP contribution in [0.25, 0.3) is 0 Å². The van der Waals surface area contributed by atoms with E-state index in [9.17, 15) is 13.2 Å². The van der Waals surface area contributed by atoms with E-state index < -0.39 is 22.2 Å². The van der Waals surface area contributed by atoms with Crippen molar-refractivity contribution in [2.75, 3.05) is 18.0 Å². The maximum atomic E-state index is 12.7. The predicted molar refractivity (Wildman–Crippen MR) is 99.9 cm³/mol. The number of anilines is 1. The normalized spacial score (nSPS) is 17.4. The molecule has 1 aliphatic rings. The summed E-state index contributed by atoms with van der Waals surface area (Å²) in [6.07, 6.45) is -1.01. The van der Waals surface area contributed by atoms with Crippen molar-refractivity contribution in [3.05, 3.63) is 59.2 Å². The third-order valence-electron chi connectivity index (χ3n) is 4.32. The summed E-state index contributed by atoms with van der Waals surface area (Å²) < 4.78 is 33.3. The molecule has 1 saturated heterocycles. The van der Waals surface area contributed by atoms with Crippen molar-refractivity contribution < 1.29 is 17.9 Å². The molecule has 0 aliphatic carbocycles. The first kappa shape index (κ1) is 18.4. The van der Waals surface area contributed by atoms with Crippen LogP contribution in [0.5, 0.6) is 0 Å². The average molecular weight is 374 g/mol. The van der Waals surface area contributed by atoms with Crippen molar-refractivity contribution in [2.24, 2.45) is 0 Å². The Balaban J connectivity index is 1.71. The van der Waals surface area contributed by atoms with E-state index in [0.29, 0.717) is 17.7 Å². The highest BCUT2D eigenvalue weighted by atomic mass is 32.2. The maximum absolute atomic E-state index is 12.7. The maximum Gasteiger partial charge on any atom is 0.414 e. The molecule has 0 radical (unpaired) electrons. The molecule has 0 spiro atoms. The summed E-state index contributed by atoms with van der Waals surface area (Å²) in [5.74, 6) is 0. The third-order valence-corrected chi connectivity index (χ3v) is 6.04. The fourth-order valence-electron chi connectivity index (χ4n) is 3.31. The summed E-state index contributed by atoms with van der Waals surface area (Å²) in [5.41, 5.74) is 3.14. The number of rotatable bonds is 5. The lowest BCUT2D eigenvalue weighted by molar-refractivity contribution is 0.143. The smallest absolute Gasteiger partial charge is 0.414 e. The van der Waals surface area contributed by atoms with Gasteiger partial charge in [-0.2, -0.15) is 0 Å². The van der Waals surface area contributed by atoms with Crippen LogP contribution in [0, 0.1) is 20.8 Å². The average Bonchev–Trinajstić information content (AvgIpc) is 2.93. The fourth-order valence-corrected chi connectivity index (χ4v) is 4.83. The van der Waals surface area contributed by atoms with Crippen molar-refractivity contribution in [2.45, 2.75) is 31.8 Å². The fraction of sp³-hybridized carbons (Fsp3) is 0.316. The second-order valence-corrected chi connectivity index (χ2v) is 8.24. The first-order valence-electron chi connectivity index (χ1n) is 8.38. The van der Waals surface area contributed by atoms with Gasteiger partial charge in [0.15, 0.2) is 0 Å². The van der Waals surface area contributed by atoms with Crippen LogP contribution >= 0.6 is 0 Å². The van der Waals surface area contributed by atoms with E-state index in [1.54, 1.807) is 13.8 Å². The van der Waals surface area contributed by atoms with Crippen LogP contribution in [0.2, 0.25) is 0 Å². The van der Waals surface area contributed by atoms with Gasteiger partial charge in [-0.15, -0.1) is 0 Å². The van der Waals surface area contributed by atoms with E-state index in [-0.39, 0.29) is 11.4 Å². The molecule has 1 heterocycles. The Bertz CT molecular complexity index is 903. The van der Waals surface area contributed by atoms with Crippen LogP contribution in [0.3, 0.4) is 0 Å². The second kappa shape index (κ2) is 7.09. The van der Waals surface area contributed by atoms with Crippen LogP contribution in [-0.4, -0.2) is 33.7 Å². The monoisotopic (exact) mass is 374 g/mol.